The summed E-state index contributed by atoms with van der Waals surface area (Å²) in [6, 6.07) is 11.4. The first-order valence-corrected chi connectivity index (χ1v) is 8.23. The molecule has 0 aliphatic heterocycles. The van der Waals surface area contributed by atoms with Crippen molar-refractivity contribution in [1.82, 2.24) is 9.55 Å². The van der Waals surface area contributed by atoms with Gasteiger partial charge < -0.3 is 4.57 Å². The Kier molecular flexibility index (Phi) is 4.37. The topological polar surface area (TPSA) is 58.7 Å². The minimum atomic E-state index is -0.136. The van der Waals surface area contributed by atoms with Crippen LogP contribution in [0.5, 0.6) is 0 Å². The van der Waals surface area contributed by atoms with Gasteiger partial charge in [0.05, 0.1) is 34.1 Å². The second-order valence-corrected chi connectivity index (χ2v) is 5.84. The van der Waals surface area contributed by atoms with E-state index in [1.54, 1.807) is 18.3 Å². The van der Waals surface area contributed by atoms with Gasteiger partial charge in [0.15, 0.2) is 5.78 Å². The lowest BCUT2D eigenvalue weighted by molar-refractivity contribution is 0.102. The molecule has 4 nitrogen and oxygen atoms in total. The van der Waals surface area contributed by atoms with Crippen molar-refractivity contribution in [2.75, 3.05) is 5.88 Å². The third-order valence-corrected chi connectivity index (χ3v) is 4.40. The highest BCUT2D eigenvalue weighted by Gasteiger charge is 2.21. The molecule has 3 aromatic rings. The molecular weight excluding hydrogens is 322 g/mol. The maximum absolute atomic E-state index is 12.3. The van der Waals surface area contributed by atoms with E-state index in [9.17, 15) is 4.79 Å². The molecule has 120 valence electrons. The molecule has 0 amide bonds. The fraction of sp³-hybridized carbons (Fsp3) is 0.211. The number of hydrogen-bond donors (Lipinski definition) is 0. The van der Waals surface area contributed by atoms with E-state index in [1.807, 2.05) is 23.6 Å². The summed E-state index contributed by atoms with van der Waals surface area (Å²) < 4.78 is 2.00. The van der Waals surface area contributed by atoms with Crippen LogP contribution >= 0.6 is 11.6 Å². The summed E-state index contributed by atoms with van der Waals surface area (Å²) in [4.78, 5) is 16.8. The molecule has 0 fully saturated rings. The van der Waals surface area contributed by atoms with Crippen molar-refractivity contribution in [3.8, 4) is 11.8 Å². The molecule has 0 spiro atoms. The van der Waals surface area contributed by atoms with Crippen LogP contribution in [0.1, 0.15) is 34.1 Å². The number of benzene rings is 1. The minimum absolute atomic E-state index is 0.0788. The highest BCUT2D eigenvalue weighted by molar-refractivity contribution is 6.32. The number of pyridine rings is 1. The maximum atomic E-state index is 12.3. The van der Waals surface area contributed by atoms with Crippen molar-refractivity contribution >= 4 is 28.4 Å². The van der Waals surface area contributed by atoms with Gasteiger partial charge in [0, 0.05) is 17.6 Å². The summed E-state index contributed by atoms with van der Waals surface area (Å²) in [6.07, 6.45) is 2.66. The Morgan fingerprint density at radius 2 is 2.04 bits per heavy atom. The van der Waals surface area contributed by atoms with Crippen molar-refractivity contribution in [3.05, 3.63) is 58.9 Å². The predicted molar refractivity (Wildman–Crippen MR) is 95.0 cm³/mol. The number of nitriles is 1. The van der Waals surface area contributed by atoms with Crippen LogP contribution in [-0.2, 0) is 6.42 Å². The fourth-order valence-corrected chi connectivity index (χ4v) is 3.07. The summed E-state index contributed by atoms with van der Waals surface area (Å²) in [5.41, 5.74) is 5.50. The van der Waals surface area contributed by atoms with Gasteiger partial charge in [-0.15, -0.1) is 11.6 Å². The summed E-state index contributed by atoms with van der Waals surface area (Å²) in [7, 11) is 0. The maximum Gasteiger partial charge on any atom is 0.181 e. The van der Waals surface area contributed by atoms with Gasteiger partial charge in [-0.3, -0.25) is 9.78 Å². The zero-order chi connectivity index (χ0) is 17.3. The molecule has 3 rings (SSSR count). The largest absolute Gasteiger partial charge is 0.312 e. The predicted octanol–water partition coefficient (Wildman–Crippen LogP) is 4.19. The first-order valence-electron chi connectivity index (χ1n) is 7.70. The Morgan fingerprint density at radius 3 is 2.62 bits per heavy atom. The lowest BCUT2D eigenvalue weighted by atomic mass is 10.1. The summed E-state index contributed by atoms with van der Waals surface area (Å²) in [5, 5.41) is 8.98. The van der Waals surface area contributed by atoms with Crippen LogP contribution in [0.4, 0.5) is 0 Å². The molecule has 24 heavy (non-hydrogen) atoms. The third-order valence-electron chi connectivity index (χ3n) is 4.16. The molecule has 0 radical (unpaired) electrons. The standard InChI is InChI=1S/C19H16ClN3O/c1-3-13-8-16-19(22-11-13)18(17(24)9-20)12(2)23(16)15-6-4-14(10-21)5-7-15/h4-8,11H,3,9H2,1-2H3. The highest BCUT2D eigenvalue weighted by atomic mass is 35.5. The number of fused-ring (bicyclic) bond motifs is 1. The lowest BCUT2D eigenvalue weighted by Gasteiger charge is -2.09. The lowest BCUT2D eigenvalue weighted by Crippen LogP contribution is -2.04. The van der Waals surface area contributed by atoms with Crippen LogP contribution in [0.3, 0.4) is 0 Å². The molecule has 5 heteroatoms. The zero-order valence-electron chi connectivity index (χ0n) is 13.5. The fourth-order valence-electron chi connectivity index (χ4n) is 2.93. The van der Waals surface area contributed by atoms with Crippen molar-refractivity contribution < 1.29 is 4.79 Å². The molecule has 0 N–H and O–H groups in total. The number of aryl methyl sites for hydroxylation is 1. The van der Waals surface area contributed by atoms with Gasteiger partial charge in [0.25, 0.3) is 0 Å². The summed E-state index contributed by atoms with van der Waals surface area (Å²) >= 11 is 5.79. The minimum Gasteiger partial charge on any atom is -0.312 e. The average molecular weight is 338 g/mol. The zero-order valence-corrected chi connectivity index (χ0v) is 14.3. The molecule has 2 heterocycles. The molecule has 0 bridgehead atoms. The van der Waals surface area contributed by atoms with E-state index < -0.39 is 0 Å². The molecule has 0 saturated carbocycles. The quantitative estimate of drug-likeness (QED) is 0.530. The Morgan fingerprint density at radius 1 is 1.33 bits per heavy atom. The number of nitrogens with zero attached hydrogens (tertiary/aromatic N) is 3. The van der Waals surface area contributed by atoms with Gasteiger partial charge in [0.2, 0.25) is 0 Å². The van der Waals surface area contributed by atoms with Crippen molar-refractivity contribution in [2.45, 2.75) is 20.3 Å². The van der Waals surface area contributed by atoms with Crippen LogP contribution in [-0.4, -0.2) is 21.2 Å². The number of carbonyl (C=O) groups is 1. The molecule has 2 aromatic heterocycles. The Balaban J connectivity index is 2.34. The van der Waals surface area contributed by atoms with Crippen LogP contribution in [0, 0.1) is 18.3 Å². The molecule has 1 aromatic carbocycles. The van der Waals surface area contributed by atoms with Crippen LogP contribution < -0.4 is 0 Å². The van der Waals surface area contributed by atoms with Crippen LogP contribution in [0.2, 0.25) is 0 Å². The Hall–Kier alpha value is -2.64. The monoisotopic (exact) mass is 337 g/mol. The summed E-state index contributed by atoms with van der Waals surface area (Å²) in [5.74, 6) is -0.215. The van der Waals surface area contributed by atoms with Gasteiger partial charge >= 0.3 is 0 Å². The van der Waals surface area contributed by atoms with E-state index in [2.05, 4.69) is 24.0 Å². The van der Waals surface area contributed by atoms with Crippen molar-refractivity contribution in [3.63, 3.8) is 0 Å². The summed E-state index contributed by atoms with van der Waals surface area (Å²) in [6.45, 7) is 3.96. The molecule has 0 aliphatic carbocycles. The van der Waals surface area contributed by atoms with Crippen molar-refractivity contribution in [2.24, 2.45) is 0 Å². The van der Waals surface area contributed by atoms with Gasteiger partial charge in [-0.2, -0.15) is 5.26 Å². The average Bonchev–Trinajstić information content (AvgIpc) is 2.92. The van der Waals surface area contributed by atoms with Crippen LogP contribution in [0.15, 0.2) is 36.5 Å². The number of halogens is 1. The molecule has 0 unspecified atom stereocenters. The molecule has 0 atom stereocenters. The number of ketones is 1. The van der Waals surface area contributed by atoms with E-state index in [0.717, 1.165) is 28.9 Å². The van der Waals surface area contributed by atoms with E-state index in [1.165, 1.54) is 0 Å². The van der Waals surface area contributed by atoms with Crippen LogP contribution in [0.25, 0.3) is 16.7 Å². The number of carbonyl (C=O) groups excluding carboxylic acids is 1. The second kappa shape index (κ2) is 6.46. The number of aromatic nitrogens is 2. The first kappa shape index (κ1) is 16.2. The van der Waals surface area contributed by atoms with E-state index in [4.69, 9.17) is 16.9 Å². The van der Waals surface area contributed by atoms with Gasteiger partial charge in [0.1, 0.15) is 0 Å². The van der Waals surface area contributed by atoms with E-state index >= 15 is 0 Å². The Labute approximate surface area is 145 Å². The molecule has 0 aliphatic rings. The van der Waals surface area contributed by atoms with E-state index in [0.29, 0.717) is 16.6 Å². The van der Waals surface area contributed by atoms with Gasteiger partial charge in [-0.1, -0.05) is 6.92 Å². The SMILES string of the molecule is CCc1cnc2c(C(=O)CCl)c(C)n(-c3ccc(C#N)cc3)c2c1. The van der Waals surface area contributed by atoms with Crippen molar-refractivity contribution in [1.29, 1.82) is 5.26 Å². The molecule has 0 saturated heterocycles. The number of alkyl halides is 1. The smallest absolute Gasteiger partial charge is 0.181 e. The Bertz CT molecular complexity index is 965. The molecular formula is C19H16ClN3O. The normalized spacial score (nSPS) is 10.8. The third kappa shape index (κ3) is 2.57. The van der Waals surface area contributed by atoms with Gasteiger partial charge in [-0.25, -0.2) is 0 Å². The number of rotatable bonds is 4. The van der Waals surface area contributed by atoms with E-state index in [-0.39, 0.29) is 11.7 Å². The number of Topliss-reactive ketones (excluding diaryl/α,β-unsaturated/α-hetero) is 1. The second-order valence-electron chi connectivity index (χ2n) is 5.58. The highest BCUT2D eigenvalue weighted by Crippen LogP contribution is 2.29. The first-order chi connectivity index (χ1) is 11.6. The van der Waals surface area contributed by atoms with Gasteiger partial charge in [-0.05, 0) is 49.2 Å². The number of hydrogen-bond acceptors (Lipinski definition) is 3.